The molecule has 25 heavy (non-hydrogen) atoms. The highest BCUT2D eigenvalue weighted by molar-refractivity contribution is 7.17. The van der Waals surface area contributed by atoms with Crippen LogP contribution in [-0.2, 0) is 24.6 Å². The maximum atomic E-state index is 12.6. The number of nitrogens with one attached hydrogen (secondary N) is 1. The van der Waals surface area contributed by atoms with Crippen LogP contribution in [0.4, 0.5) is 5.00 Å². The molecule has 1 N–H and O–H groups in total. The van der Waals surface area contributed by atoms with Gasteiger partial charge in [0.05, 0.1) is 23.9 Å². The number of rotatable bonds is 5. The van der Waals surface area contributed by atoms with Crippen molar-refractivity contribution in [3.8, 4) is 0 Å². The lowest BCUT2D eigenvalue weighted by molar-refractivity contribution is 0.0505. The molecule has 0 radical (unpaired) electrons. The minimum absolute atomic E-state index is 0.242. The molecule has 3 rings (SSSR count). The summed E-state index contributed by atoms with van der Waals surface area (Å²) in [7, 11) is 1.80. The zero-order chi connectivity index (χ0) is 18.0. The van der Waals surface area contributed by atoms with Crippen molar-refractivity contribution in [2.24, 2.45) is 7.05 Å². The van der Waals surface area contributed by atoms with E-state index in [0.717, 1.165) is 43.4 Å². The van der Waals surface area contributed by atoms with Gasteiger partial charge in [0, 0.05) is 17.6 Å². The summed E-state index contributed by atoms with van der Waals surface area (Å²) < 4.78 is 7.01. The molecule has 2 aromatic heterocycles. The molecular formula is C18H23N3O3S. The molecule has 0 fully saturated rings. The van der Waals surface area contributed by atoms with Crippen molar-refractivity contribution in [3.05, 3.63) is 33.5 Å². The van der Waals surface area contributed by atoms with Crippen LogP contribution in [0, 0.1) is 6.92 Å². The number of fused-ring (bicyclic) bond motifs is 1. The van der Waals surface area contributed by atoms with Crippen molar-refractivity contribution >= 4 is 28.2 Å². The molecule has 0 spiro atoms. The fraction of sp³-hybridized carbons (Fsp3) is 0.500. The van der Waals surface area contributed by atoms with Gasteiger partial charge in [0.1, 0.15) is 5.00 Å². The van der Waals surface area contributed by atoms with Gasteiger partial charge in [0.2, 0.25) is 0 Å². The van der Waals surface area contributed by atoms with Crippen LogP contribution < -0.4 is 5.32 Å². The van der Waals surface area contributed by atoms with Crippen LogP contribution in [0.1, 0.15) is 63.0 Å². The maximum Gasteiger partial charge on any atom is 0.341 e. The highest BCUT2D eigenvalue weighted by Crippen LogP contribution is 2.38. The normalized spacial score (nSPS) is 13.4. The Labute approximate surface area is 151 Å². The molecule has 2 heterocycles. The van der Waals surface area contributed by atoms with Crippen molar-refractivity contribution < 1.29 is 14.3 Å². The van der Waals surface area contributed by atoms with Gasteiger partial charge < -0.3 is 10.1 Å². The second-order valence-corrected chi connectivity index (χ2v) is 7.38. The van der Waals surface area contributed by atoms with E-state index in [0.29, 0.717) is 22.7 Å². The number of ether oxygens (including phenoxy) is 1. The highest BCUT2D eigenvalue weighted by atomic mass is 32.1. The zero-order valence-corrected chi connectivity index (χ0v) is 15.7. The van der Waals surface area contributed by atoms with Crippen molar-refractivity contribution in [2.75, 3.05) is 11.9 Å². The van der Waals surface area contributed by atoms with E-state index < -0.39 is 0 Å². The number of anilines is 1. The Morgan fingerprint density at radius 1 is 1.36 bits per heavy atom. The number of esters is 1. The van der Waals surface area contributed by atoms with Gasteiger partial charge in [-0.1, -0.05) is 6.92 Å². The second kappa shape index (κ2) is 7.39. The van der Waals surface area contributed by atoms with Crippen molar-refractivity contribution in [3.63, 3.8) is 0 Å². The van der Waals surface area contributed by atoms with Gasteiger partial charge in [0.15, 0.2) is 0 Å². The Kier molecular flexibility index (Phi) is 5.22. The first kappa shape index (κ1) is 17.7. The summed E-state index contributed by atoms with van der Waals surface area (Å²) in [5.41, 5.74) is 2.90. The largest absolute Gasteiger partial charge is 0.462 e. The third kappa shape index (κ3) is 3.46. The Bertz CT molecular complexity index is 807. The van der Waals surface area contributed by atoms with E-state index in [1.54, 1.807) is 17.9 Å². The summed E-state index contributed by atoms with van der Waals surface area (Å²) in [6, 6.07) is 0. The lowest BCUT2D eigenvalue weighted by Gasteiger charge is -2.12. The fourth-order valence-corrected chi connectivity index (χ4v) is 4.30. The van der Waals surface area contributed by atoms with Gasteiger partial charge in [-0.05, 0) is 44.6 Å². The monoisotopic (exact) mass is 361 g/mol. The standard InChI is InChI=1S/C18H23N3O3S/c1-4-9-24-18(23)15-12-7-5-6-8-14(12)25-17(15)20-16(22)13-10-19-21(3)11(13)2/h10H,4-9H2,1-3H3,(H,20,22). The lowest BCUT2D eigenvalue weighted by atomic mass is 9.95. The number of hydrogen-bond donors (Lipinski definition) is 1. The van der Waals surface area contributed by atoms with Crippen LogP contribution in [0.25, 0.3) is 0 Å². The van der Waals surface area contributed by atoms with Crippen LogP contribution in [0.2, 0.25) is 0 Å². The molecule has 7 heteroatoms. The van der Waals surface area contributed by atoms with Crippen LogP contribution in [0.15, 0.2) is 6.20 Å². The fourth-order valence-electron chi connectivity index (χ4n) is 3.03. The van der Waals surface area contributed by atoms with Crippen LogP contribution in [-0.4, -0.2) is 28.3 Å². The smallest absolute Gasteiger partial charge is 0.341 e. The van der Waals surface area contributed by atoms with E-state index in [1.807, 2.05) is 13.8 Å². The second-order valence-electron chi connectivity index (χ2n) is 6.27. The van der Waals surface area contributed by atoms with E-state index >= 15 is 0 Å². The third-order valence-corrected chi connectivity index (χ3v) is 5.73. The number of thiophene rings is 1. The Morgan fingerprint density at radius 2 is 2.12 bits per heavy atom. The molecule has 0 aromatic carbocycles. The lowest BCUT2D eigenvalue weighted by Crippen LogP contribution is -2.16. The Morgan fingerprint density at radius 3 is 2.80 bits per heavy atom. The van der Waals surface area contributed by atoms with Gasteiger partial charge in [-0.15, -0.1) is 11.3 Å². The van der Waals surface area contributed by atoms with E-state index in [1.165, 1.54) is 16.2 Å². The molecule has 6 nitrogen and oxygen atoms in total. The summed E-state index contributed by atoms with van der Waals surface area (Å²) in [5, 5.41) is 7.63. The molecule has 1 aliphatic carbocycles. The van der Waals surface area contributed by atoms with E-state index in [-0.39, 0.29) is 11.9 Å². The molecule has 0 aliphatic heterocycles. The van der Waals surface area contributed by atoms with E-state index in [2.05, 4.69) is 10.4 Å². The van der Waals surface area contributed by atoms with Crippen LogP contribution >= 0.6 is 11.3 Å². The quantitative estimate of drug-likeness (QED) is 0.828. The SMILES string of the molecule is CCCOC(=O)c1c(NC(=O)c2cnn(C)c2C)sc2c1CCCC2. The summed E-state index contributed by atoms with van der Waals surface area (Å²) in [6.45, 7) is 4.20. The highest BCUT2D eigenvalue weighted by Gasteiger charge is 2.28. The number of aryl methyl sites for hydroxylation is 2. The molecule has 0 saturated heterocycles. The predicted molar refractivity (Wildman–Crippen MR) is 97.4 cm³/mol. The molecular weight excluding hydrogens is 338 g/mol. The zero-order valence-electron chi connectivity index (χ0n) is 14.8. The molecule has 134 valence electrons. The summed E-state index contributed by atoms with van der Waals surface area (Å²) in [5.74, 6) is -0.576. The minimum Gasteiger partial charge on any atom is -0.462 e. The molecule has 0 unspecified atom stereocenters. The molecule has 0 saturated carbocycles. The maximum absolute atomic E-state index is 12.6. The third-order valence-electron chi connectivity index (χ3n) is 4.52. The minimum atomic E-state index is -0.334. The van der Waals surface area contributed by atoms with Crippen LogP contribution in [0.3, 0.4) is 0 Å². The van der Waals surface area contributed by atoms with Crippen molar-refractivity contribution in [1.82, 2.24) is 9.78 Å². The van der Waals surface area contributed by atoms with Gasteiger partial charge in [0.25, 0.3) is 5.91 Å². The topological polar surface area (TPSA) is 73.2 Å². The number of hydrogen-bond acceptors (Lipinski definition) is 5. The predicted octanol–water partition coefficient (Wildman–Crippen LogP) is 3.49. The average Bonchev–Trinajstić information content (AvgIpc) is 3.13. The molecule has 1 amide bonds. The van der Waals surface area contributed by atoms with Crippen LogP contribution in [0.5, 0.6) is 0 Å². The Hall–Kier alpha value is -2.15. The van der Waals surface area contributed by atoms with E-state index in [9.17, 15) is 9.59 Å². The number of amides is 1. The van der Waals surface area contributed by atoms with Crippen molar-refractivity contribution in [2.45, 2.75) is 46.0 Å². The first-order valence-corrected chi connectivity index (χ1v) is 9.46. The average molecular weight is 361 g/mol. The number of carbonyl (C=O) groups is 2. The first-order chi connectivity index (χ1) is 12.0. The van der Waals surface area contributed by atoms with Gasteiger partial charge >= 0.3 is 5.97 Å². The first-order valence-electron chi connectivity index (χ1n) is 8.64. The molecule has 0 atom stereocenters. The van der Waals surface area contributed by atoms with Gasteiger partial charge in [-0.2, -0.15) is 5.10 Å². The van der Waals surface area contributed by atoms with Crippen molar-refractivity contribution in [1.29, 1.82) is 0 Å². The van der Waals surface area contributed by atoms with Gasteiger partial charge in [-0.25, -0.2) is 4.79 Å². The van der Waals surface area contributed by atoms with E-state index in [4.69, 9.17) is 4.74 Å². The molecule has 0 bridgehead atoms. The van der Waals surface area contributed by atoms with Gasteiger partial charge in [-0.3, -0.25) is 9.48 Å². The number of aromatic nitrogens is 2. The number of carbonyl (C=O) groups excluding carboxylic acids is 2. The summed E-state index contributed by atoms with van der Waals surface area (Å²) >= 11 is 1.50. The summed E-state index contributed by atoms with van der Waals surface area (Å²) in [6.07, 6.45) is 6.32. The molecule has 1 aliphatic rings. The number of nitrogens with zero attached hydrogens (tertiary/aromatic N) is 2. The molecule has 2 aromatic rings. The Balaban J connectivity index is 1.92. The summed E-state index contributed by atoms with van der Waals surface area (Å²) in [4.78, 5) is 26.4.